The molecule has 0 aromatic carbocycles. The SMILES string of the molecule is CC1CC(C)N(c2nc(Cl)ncc2Cl)C1. The summed E-state index contributed by atoms with van der Waals surface area (Å²) in [4.78, 5) is 10.2. The molecule has 2 rings (SSSR count). The molecule has 1 aliphatic rings. The molecule has 0 radical (unpaired) electrons. The fraction of sp³-hybridized carbons (Fsp3) is 0.600. The van der Waals surface area contributed by atoms with Crippen LogP contribution in [0.1, 0.15) is 20.3 Å². The van der Waals surface area contributed by atoms with E-state index < -0.39 is 0 Å². The zero-order valence-corrected chi connectivity index (χ0v) is 10.3. The van der Waals surface area contributed by atoms with E-state index >= 15 is 0 Å². The Bertz CT molecular complexity index is 370. The second kappa shape index (κ2) is 4.14. The number of halogens is 2. The largest absolute Gasteiger partial charge is 0.352 e. The van der Waals surface area contributed by atoms with Crippen molar-refractivity contribution < 1.29 is 0 Å². The zero-order chi connectivity index (χ0) is 11.0. The molecule has 15 heavy (non-hydrogen) atoms. The molecule has 0 saturated carbocycles. The lowest BCUT2D eigenvalue weighted by atomic mass is 10.1. The highest BCUT2D eigenvalue weighted by Crippen LogP contribution is 2.32. The van der Waals surface area contributed by atoms with Crippen LogP contribution in [-0.2, 0) is 0 Å². The molecule has 0 amide bonds. The maximum Gasteiger partial charge on any atom is 0.224 e. The normalized spacial score (nSPS) is 26.0. The molecule has 1 aliphatic heterocycles. The van der Waals surface area contributed by atoms with Gasteiger partial charge in [-0.1, -0.05) is 18.5 Å². The van der Waals surface area contributed by atoms with E-state index in [4.69, 9.17) is 23.2 Å². The second-order valence-corrected chi connectivity index (χ2v) is 4.90. The lowest BCUT2D eigenvalue weighted by molar-refractivity contribution is 0.625. The van der Waals surface area contributed by atoms with Gasteiger partial charge in [0.25, 0.3) is 0 Å². The van der Waals surface area contributed by atoms with Crippen molar-refractivity contribution in [3.05, 3.63) is 16.5 Å². The third-order valence-electron chi connectivity index (χ3n) is 2.75. The number of aromatic nitrogens is 2. The van der Waals surface area contributed by atoms with Gasteiger partial charge in [-0.25, -0.2) is 4.98 Å². The quantitative estimate of drug-likeness (QED) is 0.713. The van der Waals surface area contributed by atoms with Crippen LogP contribution in [0.15, 0.2) is 6.20 Å². The molecule has 0 spiro atoms. The minimum atomic E-state index is 0.251. The van der Waals surface area contributed by atoms with Crippen molar-refractivity contribution >= 4 is 29.0 Å². The Kier molecular flexibility index (Phi) is 3.03. The molecular formula is C10H13Cl2N3. The average molecular weight is 246 g/mol. The minimum absolute atomic E-state index is 0.251. The lowest BCUT2D eigenvalue weighted by Gasteiger charge is -2.23. The van der Waals surface area contributed by atoms with Crippen LogP contribution in [0.25, 0.3) is 0 Å². The van der Waals surface area contributed by atoms with Crippen LogP contribution < -0.4 is 4.90 Å². The van der Waals surface area contributed by atoms with Gasteiger partial charge < -0.3 is 4.90 Å². The number of hydrogen-bond donors (Lipinski definition) is 0. The summed E-state index contributed by atoms with van der Waals surface area (Å²) < 4.78 is 0. The first-order valence-corrected chi connectivity index (χ1v) is 5.78. The van der Waals surface area contributed by atoms with Crippen molar-refractivity contribution in [2.75, 3.05) is 11.4 Å². The van der Waals surface area contributed by atoms with E-state index in [2.05, 4.69) is 28.7 Å². The fourth-order valence-electron chi connectivity index (χ4n) is 2.13. The molecule has 1 aromatic rings. The second-order valence-electron chi connectivity index (χ2n) is 4.15. The molecule has 1 fully saturated rings. The number of anilines is 1. The predicted molar refractivity (Wildman–Crippen MR) is 62.6 cm³/mol. The van der Waals surface area contributed by atoms with E-state index in [-0.39, 0.29) is 5.28 Å². The molecule has 2 heterocycles. The first kappa shape index (κ1) is 11.0. The molecule has 2 atom stereocenters. The Morgan fingerprint density at radius 1 is 1.40 bits per heavy atom. The zero-order valence-electron chi connectivity index (χ0n) is 8.74. The molecule has 0 N–H and O–H groups in total. The van der Waals surface area contributed by atoms with Gasteiger partial charge >= 0.3 is 0 Å². The predicted octanol–water partition coefficient (Wildman–Crippen LogP) is 3.02. The molecule has 0 aliphatic carbocycles. The maximum absolute atomic E-state index is 6.06. The average Bonchev–Trinajstić information content (AvgIpc) is 2.50. The Morgan fingerprint density at radius 2 is 2.13 bits per heavy atom. The van der Waals surface area contributed by atoms with Gasteiger partial charge in [-0.3, -0.25) is 0 Å². The lowest BCUT2D eigenvalue weighted by Crippen LogP contribution is -2.28. The van der Waals surface area contributed by atoms with Crippen LogP contribution in [0.3, 0.4) is 0 Å². The number of hydrogen-bond acceptors (Lipinski definition) is 3. The highest BCUT2D eigenvalue weighted by atomic mass is 35.5. The molecule has 5 heteroatoms. The summed E-state index contributed by atoms with van der Waals surface area (Å²) >= 11 is 11.8. The molecule has 0 bridgehead atoms. The van der Waals surface area contributed by atoms with E-state index in [0.717, 1.165) is 18.8 Å². The topological polar surface area (TPSA) is 29.0 Å². The highest BCUT2D eigenvalue weighted by Gasteiger charge is 2.28. The van der Waals surface area contributed by atoms with E-state index in [0.29, 0.717) is 17.0 Å². The van der Waals surface area contributed by atoms with Crippen molar-refractivity contribution in [2.24, 2.45) is 5.92 Å². The summed E-state index contributed by atoms with van der Waals surface area (Å²) in [6.45, 7) is 5.39. The fourth-order valence-corrected chi connectivity index (χ4v) is 2.46. The monoisotopic (exact) mass is 245 g/mol. The molecular weight excluding hydrogens is 233 g/mol. The van der Waals surface area contributed by atoms with E-state index in [1.807, 2.05) is 0 Å². The molecule has 82 valence electrons. The summed E-state index contributed by atoms with van der Waals surface area (Å²) in [6.07, 6.45) is 2.72. The van der Waals surface area contributed by atoms with E-state index in [1.54, 1.807) is 6.20 Å². The summed E-state index contributed by atoms with van der Waals surface area (Å²) in [5.74, 6) is 1.43. The minimum Gasteiger partial charge on any atom is -0.352 e. The van der Waals surface area contributed by atoms with Crippen molar-refractivity contribution in [3.8, 4) is 0 Å². The van der Waals surface area contributed by atoms with Crippen molar-refractivity contribution in [2.45, 2.75) is 26.3 Å². The van der Waals surface area contributed by atoms with Gasteiger partial charge in [0, 0.05) is 12.6 Å². The van der Waals surface area contributed by atoms with Gasteiger partial charge in [0.1, 0.15) is 5.02 Å². The van der Waals surface area contributed by atoms with Crippen molar-refractivity contribution in [1.29, 1.82) is 0 Å². The van der Waals surface area contributed by atoms with Gasteiger partial charge in [-0.2, -0.15) is 4.98 Å². The van der Waals surface area contributed by atoms with Crippen LogP contribution in [-0.4, -0.2) is 22.6 Å². The first-order chi connectivity index (χ1) is 7.08. The molecule has 2 unspecified atom stereocenters. The first-order valence-electron chi connectivity index (χ1n) is 5.02. The van der Waals surface area contributed by atoms with Gasteiger partial charge in [0.2, 0.25) is 5.28 Å². The van der Waals surface area contributed by atoms with E-state index in [1.165, 1.54) is 0 Å². The van der Waals surface area contributed by atoms with Crippen LogP contribution in [0.5, 0.6) is 0 Å². The van der Waals surface area contributed by atoms with Crippen molar-refractivity contribution in [1.82, 2.24) is 9.97 Å². The van der Waals surface area contributed by atoms with Gasteiger partial charge in [0.15, 0.2) is 5.82 Å². The third kappa shape index (κ3) is 2.18. The third-order valence-corrected chi connectivity index (χ3v) is 3.20. The van der Waals surface area contributed by atoms with Gasteiger partial charge in [0.05, 0.1) is 6.20 Å². The van der Waals surface area contributed by atoms with Crippen LogP contribution in [0, 0.1) is 5.92 Å². The maximum atomic E-state index is 6.06. The van der Waals surface area contributed by atoms with Crippen LogP contribution in [0.4, 0.5) is 5.82 Å². The Balaban J connectivity index is 2.32. The Hall–Kier alpha value is -0.540. The number of rotatable bonds is 1. The smallest absolute Gasteiger partial charge is 0.224 e. The standard InChI is InChI=1S/C10H13Cl2N3/c1-6-3-7(2)15(5-6)9-8(11)4-13-10(12)14-9/h4,6-7H,3,5H2,1-2H3. The van der Waals surface area contributed by atoms with E-state index in [9.17, 15) is 0 Å². The van der Waals surface area contributed by atoms with Crippen molar-refractivity contribution in [3.63, 3.8) is 0 Å². The summed E-state index contributed by atoms with van der Waals surface area (Å²) in [6, 6.07) is 0.462. The van der Waals surface area contributed by atoms with Gasteiger partial charge in [-0.05, 0) is 30.9 Å². The summed E-state index contributed by atoms with van der Waals surface area (Å²) in [5.41, 5.74) is 0. The van der Waals surface area contributed by atoms with Crippen LogP contribution >= 0.6 is 23.2 Å². The Labute approximate surface area is 99.4 Å². The Morgan fingerprint density at radius 3 is 2.73 bits per heavy atom. The van der Waals surface area contributed by atoms with Gasteiger partial charge in [-0.15, -0.1) is 0 Å². The highest BCUT2D eigenvalue weighted by molar-refractivity contribution is 6.33. The summed E-state index contributed by atoms with van der Waals surface area (Å²) in [7, 11) is 0. The number of nitrogens with zero attached hydrogens (tertiary/aromatic N) is 3. The molecule has 1 saturated heterocycles. The molecule has 1 aromatic heterocycles. The molecule has 3 nitrogen and oxygen atoms in total. The summed E-state index contributed by atoms with van der Waals surface area (Å²) in [5, 5.41) is 0.821. The van der Waals surface area contributed by atoms with Crippen LogP contribution in [0.2, 0.25) is 10.3 Å².